The Labute approximate surface area is 147 Å². The fourth-order valence-corrected chi connectivity index (χ4v) is 3.28. The molecule has 1 aromatic rings. The Hall–Kier alpha value is -2.49. The van der Waals surface area contributed by atoms with Crippen LogP contribution in [0.1, 0.15) is 32.6 Å². The number of piperazine rings is 1. The topological polar surface area (TPSA) is 61.2 Å². The van der Waals surface area contributed by atoms with Crippen LogP contribution in [0.15, 0.2) is 28.7 Å². The van der Waals surface area contributed by atoms with Gasteiger partial charge in [-0.15, -0.1) is 12.3 Å². The molecule has 0 spiro atoms. The quantitative estimate of drug-likeness (QED) is 0.746. The van der Waals surface area contributed by atoms with Crippen molar-refractivity contribution < 1.29 is 9.18 Å². The van der Waals surface area contributed by atoms with Crippen LogP contribution in [-0.2, 0) is 4.79 Å². The summed E-state index contributed by atoms with van der Waals surface area (Å²) in [5.41, 5.74) is 0.119. The highest BCUT2D eigenvalue weighted by molar-refractivity contribution is 5.76. The van der Waals surface area contributed by atoms with Gasteiger partial charge in [0.2, 0.25) is 5.91 Å². The first-order valence-corrected chi connectivity index (χ1v) is 8.56. The Morgan fingerprint density at radius 1 is 1.44 bits per heavy atom. The number of nitrogens with zero attached hydrogens (tertiary/aromatic N) is 5. The minimum absolute atomic E-state index is 0.0419. The summed E-state index contributed by atoms with van der Waals surface area (Å²) in [4.78, 5) is 20.1. The third-order valence-electron chi connectivity index (χ3n) is 4.83. The van der Waals surface area contributed by atoms with E-state index in [4.69, 9.17) is 6.42 Å². The Bertz CT molecular complexity index is 708. The van der Waals surface area contributed by atoms with Crippen LogP contribution < -0.4 is 4.90 Å². The highest BCUT2D eigenvalue weighted by Crippen LogP contribution is 2.37. The molecule has 7 heteroatoms. The monoisotopic (exact) mass is 343 g/mol. The van der Waals surface area contributed by atoms with E-state index < -0.39 is 5.66 Å². The molecule has 0 aliphatic carbocycles. The summed E-state index contributed by atoms with van der Waals surface area (Å²) < 4.78 is 13.9. The van der Waals surface area contributed by atoms with E-state index in [9.17, 15) is 9.18 Å². The third kappa shape index (κ3) is 3.95. The van der Waals surface area contributed by atoms with Crippen molar-refractivity contribution in [1.29, 1.82) is 0 Å². The number of amides is 1. The van der Waals surface area contributed by atoms with Crippen LogP contribution in [0.3, 0.4) is 0 Å². The van der Waals surface area contributed by atoms with Gasteiger partial charge in [-0.1, -0.05) is 0 Å². The molecule has 6 nitrogen and oxygen atoms in total. The third-order valence-corrected chi connectivity index (χ3v) is 4.83. The fourth-order valence-electron chi connectivity index (χ4n) is 3.28. The van der Waals surface area contributed by atoms with Crippen LogP contribution in [-0.4, -0.2) is 47.1 Å². The summed E-state index contributed by atoms with van der Waals surface area (Å²) in [5, 5.41) is 8.14. The SMILES string of the molecule is C#CCCC1(CCC(=O)N2CCN(c3ccncc3F)C(C)C2)N=N1. The van der Waals surface area contributed by atoms with Crippen LogP contribution in [0, 0.1) is 18.2 Å². The lowest BCUT2D eigenvalue weighted by Crippen LogP contribution is -2.54. The number of aromatic nitrogens is 1. The van der Waals surface area contributed by atoms with Crippen molar-refractivity contribution in [2.45, 2.75) is 44.3 Å². The van der Waals surface area contributed by atoms with Crippen LogP contribution in [0.4, 0.5) is 10.1 Å². The Balaban J connectivity index is 1.52. The molecule has 1 saturated heterocycles. The molecule has 1 fully saturated rings. The van der Waals surface area contributed by atoms with Crippen molar-refractivity contribution in [3.05, 3.63) is 24.3 Å². The molecule has 2 aliphatic rings. The van der Waals surface area contributed by atoms with Gasteiger partial charge in [-0.25, -0.2) is 4.39 Å². The average Bonchev–Trinajstić information content (AvgIpc) is 3.39. The summed E-state index contributed by atoms with van der Waals surface area (Å²) in [6.45, 7) is 3.76. The maximum Gasteiger partial charge on any atom is 0.222 e. The lowest BCUT2D eigenvalue weighted by Gasteiger charge is -2.41. The number of anilines is 1. The largest absolute Gasteiger partial charge is 0.363 e. The second kappa shape index (κ2) is 7.18. The minimum atomic E-state index is -0.421. The molecular weight excluding hydrogens is 321 g/mol. The predicted molar refractivity (Wildman–Crippen MR) is 92.5 cm³/mol. The number of halogens is 1. The number of carbonyl (C=O) groups is 1. The number of hydrogen-bond donors (Lipinski definition) is 0. The molecular formula is C18H22FN5O. The van der Waals surface area contributed by atoms with Gasteiger partial charge in [0.05, 0.1) is 11.9 Å². The van der Waals surface area contributed by atoms with E-state index in [1.54, 1.807) is 12.3 Å². The highest BCUT2D eigenvalue weighted by atomic mass is 19.1. The molecule has 0 radical (unpaired) electrons. The van der Waals surface area contributed by atoms with E-state index in [1.165, 1.54) is 6.20 Å². The Kier molecular flexibility index (Phi) is 4.98. The van der Waals surface area contributed by atoms with Crippen molar-refractivity contribution in [3.63, 3.8) is 0 Å². The number of carbonyl (C=O) groups excluding carboxylic acids is 1. The van der Waals surface area contributed by atoms with Gasteiger partial charge in [-0.2, -0.15) is 10.2 Å². The smallest absolute Gasteiger partial charge is 0.222 e. The summed E-state index contributed by atoms with van der Waals surface area (Å²) in [5.74, 6) is 2.35. The molecule has 3 rings (SSSR count). The van der Waals surface area contributed by atoms with Crippen molar-refractivity contribution >= 4 is 11.6 Å². The highest BCUT2D eigenvalue weighted by Gasteiger charge is 2.40. The van der Waals surface area contributed by atoms with E-state index >= 15 is 0 Å². The van der Waals surface area contributed by atoms with E-state index in [-0.39, 0.29) is 17.8 Å². The second-order valence-electron chi connectivity index (χ2n) is 6.60. The lowest BCUT2D eigenvalue weighted by molar-refractivity contribution is -0.132. The number of rotatable bonds is 6. The first-order valence-electron chi connectivity index (χ1n) is 8.56. The van der Waals surface area contributed by atoms with E-state index in [1.807, 2.05) is 16.7 Å². The van der Waals surface area contributed by atoms with E-state index in [0.717, 1.165) is 0 Å². The molecule has 1 unspecified atom stereocenters. The zero-order valence-corrected chi connectivity index (χ0v) is 14.4. The Morgan fingerprint density at radius 3 is 2.88 bits per heavy atom. The van der Waals surface area contributed by atoms with Crippen molar-refractivity contribution in [1.82, 2.24) is 9.88 Å². The summed E-state index contributed by atoms with van der Waals surface area (Å²) in [7, 11) is 0. The molecule has 132 valence electrons. The van der Waals surface area contributed by atoms with Crippen LogP contribution in [0.2, 0.25) is 0 Å². The van der Waals surface area contributed by atoms with Crippen LogP contribution >= 0.6 is 0 Å². The number of terminal acetylenes is 1. The second-order valence-corrected chi connectivity index (χ2v) is 6.60. The molecule has 0 saturated carbocycles. The maximum absolute atomic E-state index is 13.9. The molecule has 2 aliphatic heterocycles. The fraction of sp³-hybridized carbons (Fsp3) is 0.556. The van der Waals surface area contributed by atoms with Gasteiger partial charge in [0, 0.05) is 57.6 Å². The molecule has 1 amide bonds. The number of hydrogen-bond acceptors (Lipinski definition) is 5. The molecule has 3 heterocycles. The predicted octanol–water partition coefficient (Wildman–Crippen LogP) is 2.61. The summed E-state index contributed by atoms with van der Waals surface area (Å²) in [6.07, 6.45) is 10.4. The van der Waals surface area contributed by atoms with Gasteiger partial charge in [0.25, 0.3) is 0 Å². The van der Waals surface area contributed by atoms with Gasteiger partial charge >= 0.3 is 0 Å². The normalized spacial score (nSPS) is 21.1. The van der Waals surface area contributed by atoms with Gasteiger partial charge < -0.3 is 9.80 Å². The first-order chi connectivity index (χ1) is 12.0. The van der Waals surface area contributed by atoms with Crippen LogP contribution in [0.5, 0.6) is 0 Å². The standard InChI is InChI=1S/C18H22FN5O/c1-3-4-7-18(21-22-18)8-5-17(25)23-10-11-24(14(2)13-23)16-6-9-20-12-15(16)19/h1,6,9,12,14H,4-5,7-8,10-11,13H2,2H3. The minimum Gasteiger partial charge on any atom is -0.363 e. The zero-order chi connectivity index (χ0) is 17.9. The average molecular weight is 343 g/mol. The van der Waals surface area contributed by atoms with Gasteiger partial charge in [0.15, 0.2) is 11.5 Å². The maximum atomic E-state index is 13.9. The first kappa shape index (κ1) is 17.3. The molecule has 0 bridgehead atoms. The van der Waals surface area contributed by atoms with Gasteiger partial charge in [-0.3, -0.25) is 9.78 Å². The van der Waals surface area contributed by atoms with Crippen LogP contribution in [0.25, 0.3) is 0 Å². The summed E-state index contributed by atoms with van der Waals surface area (Å²) >= 11 is 0. The zero-order valence-electron chi connectivity index (χ0n) is 14.4. The van der Waals surface area contributed by atoms with Gasteiger partial charge in [-0.05, 0) is 13.0 Å². The molecule has 1 atom stereocenters. The van der Waals surface area contributed by atoms with Crippen molar-refractivity contribution in [2.24, 2.45) is 10.2 Å². The molecule has 0 aromatic carbocycles. The Morgan fingerprint density at radius 2 is 2.24 bits per heavy atom. The van der Waals surface area contributed by atoms with Gasteiger partial charge in [0.1, 0.15) is 0 Å². The van der Waals surface area contributed by atoms with Crippen molar-refractivity contribution in [3.8, 4) is 12.3 Å². The molecule has 1 aromatic heterocycles. The lowest BCUT2D eigenvalue weighted by atomic mass is 10.0. The molecule has 0 N–H and O–H groups in total. The number of pyridine rings is 1. The van der Waals surface area contributed by atoms with E-state index in [2.05, 4.69) is 21.1 Å². The molecule has 25 heavy (non-hydrogen) atoms. The summed E-state index contributed by atoms with van der Waals surface area (Å²) in [6, 6.07) is 1.72. The van der Waals surface area contributed by atoms with E-state index in [0.29, 0.717) is 51.0 Å². The van der Waals surface area contributed by atoms with Crippen molar-refractivity contribution in [2.75, 3.05) is 24.5 Å².